The van der Waals surface area contributed by atoms with Crippen molar-refractivity contribution in [2.75, 3.05) is 19.4 Å². The van der Waals surface area contributed by atoms with Gasteiger partial charge < -0.3 is 5.11 Å². The van der Waals surface area contributed by atoms with Gasteiger partial charge in [-0.15, -0.1) is 0 Å². The van der Waals surface area contributed by atoms with E-state index in [1.165, 1.54) is 11.4 Å². The van der Waals surface area contributed by atoms with Crippen LogP contribution in [0.2, 0.25) is 0 Å². The highest BCUT2D eigenvalue weighted by molar-refractivity contribution is 7.89. The lowest BCUT2D eigenvalue weighted by Crippen LogP contribution is -2.31. The van der Waals surface area contributed by atoms with Crippen LogP contribution in [0.25, 0.3) is 0 Å². The molecule has 0 amide bonds. The van der Waals surface area contributed by atoms with Gasteiger partial charge in [0.2, 0.25) is 10.0 Å². The smallest absolute Gasteiger partial charge is 0.214 e. The van der Waals surface area contributed by atoms with E-state index in [0.29, 0.717) is 6.42 Å². The SMILES string of the molecule is CN1C(CO)CCS1(=O)=O. The van der Waals surface area contributed by atoms with Crippen LogP contribution in [-0.4, -0.2) is 43.3 Å². The van der Waals surface area contributed by atoms with Gasteiger partial charge in [-0.1, -0.05) is 0 Å². The average molecular weight is 165 g/mol. The van der Waals surface area contributed by atoms with Crippen molar-refractivity contribution in [3.63, 3.8) is 0 Å². The number of rotatable bonds is 1. The number of aliphatic hydroxyl groups is 1. The van der Waals surface area contributed by atoms with Crippen LogP contribution >= 0.6 is 0 Å². The van der Waals surface area contributed by atoms with Crippen LogP contribution < -0.4 is 0 Å². The van der Waals surface area contributed by atoms with Gasteiger partial charge in [-0.2, -0.15) is 4.31 Å². The van der Waals surface area contributed by atoms with E-state index in [1.807, 2.05) is 0 Å². The molecule has 1 aliphatic heterocycles. The van der Waals surface area contributed by atoms with Gasteiger partial charge in [-0.05, 0) is 6.42 Å². The Kier molecular flexibility index (Phi) is 1.98. The number of sulfonamides is 1. The van der Waals surface area contributed by atoms with Crippen LogP contribution in [0.4, 0.5) is 0 Å². The van der Waals surface area contributed by atoms with Crippen molar-refractivity contribution in [3.8, 4) is 0 Å². The first-order valence-electron chi connectivity index (χ1n) is 3.14. The number of aliphatic hydroxyl groups excluding tert-OH is 1. The lowest BCUT2D eigenvalue weighted by atomic mass is 10.2. The highest BCUT2D eigenvalue weighted by Gasteiger charge is 2.33. The Bertz CT molecular complexity index is 211. The van der Waals surface area contributed by atoms with E-state index < -0.39 is 10.0 Å². The fraction of sp³-hybridized carbons (Fsp3) is 1.00. The minimum atomic E-state index is -3.01. The first-order chi connectivity index (χ1) is 4.58. The Hall–Kier alpha value is -0.130. The molecule has 0 aromatic carbocycles. The molecule has 1 atom stereocenters. The molecule has 60 valence electrons. The van der Waals surface area contributed by atoms with Crippen LogP contribution in [0.3, 0.4) is 0 Å². The van der Waals surface area contributed by atoms with E-state index in [9.17, 15) is 8.42 Å². The molecular weight excluding hydrogens is 154 g/mol. The van der Waals surface area contributed by atoms with Crippen LogP contribution in [-0.2, 0) is 10.0 Å². The third-order valence-corrected chi connectivity index (χ3v) is 3.80. The maximum atomic E-state index is 10.9. The predicted molar refractivity (Wildman–Crippen MR) is 37.0 cm³/mol. The van der Waals surface area contributed by atoms with E-state index in [1.54, 1.807) is 0 Å². The molecule has 1 heterocycles. The highest BCUT2D eigenvalue weighted by atomic mass is 32.2. The zero-order valence-electron chi connectivity index (χ0n) is 5.82. The van der Waals surface area contributed by atoms with E-state index in [2.05, 4.69) is 0 Å². The minimum Gasteiger partial charge on any atom is -0.395 e. The van der Waals surface area contributed by atoms with E-state index in [-0.39, 0.29) is 18.4 Å². The molecular formula is C5H11NO3S. The number of nitrogens with zero attached hydrogens (tertiary/aromatic N) is 1. The lowest BCUT2D eigenvalue weighted by molar-refractivity contribution is 0.211. The quantitative estimate of drug-likeness (QED) is 0.543. The topological polar surface area (TPSA) is 57.6 Å². The third-order valence-electron chi connectivity index (χ3n) is 1.87. The van der Waals surface area contributed by atoms with E-state index in [0.717, 1.165) is 0 Å². The van der Waals surface area contributed by atoms with Crippen molar-refractivity contribution in [1.82, 2.24) is 4.31 Å². The van der Waals surface area contributed by atoms with Gasteiger partial charge in [0.25, 0.3) is 0 Å². The first-order valence-corrected chi connectivity index (χ1v) is 4.75. The molecule has 0 aromatic rings. The van der Waals surface area contributed by atoms with Gasteiger partial charge in [-0.3, -0.25) is 0 Å². The Morgan fingerprint density at radius 1 is 1.70 bits per heavy atom. The molecule has 0 aliphatic carbocycles. The largest absolute Gasteiger partial charge is 0.395 e. The Labute approximate surface area is 60.5 Å². The van der Waals surface area contributed by atoms with Crippen LogP contribution in [0.15, 0.2) is 0 Å². The van der Waals surface area contributed by atoms with Gasteiger partial charge in [0.05, 0.1) is 12.4 Å². The number of likely N-dealkylation sites (N-methyl/N-ethyl adjacent to an activating group) is 1. The van der Waals surface area contributed by atoms with Gasteiger partial charge in [0.15, 0.2) is 0 Å². The maximum absolute atomic E-state index is 10.9. The summed E-state index contributed by atoms with van der Waals surface area (Å²) in [4.78, 5) is 0. The maximum Gasteiger partial charge on any atom is 0.214 e. The Morgan fingerprint density at radius 3 is 2.50 bits per heavy atom. The predicted octanol–water partition coefficient (Wildman–Crippen LogP) is -0.987. The van der Waals surface area contributed by atoms with Crippen molar-refractivity contribution in [1.29, 1.82) is 0 Å². The molecule has 1 aliphatic rings. The monoisotopic (exact) mass is 165 g/mol. The van der Waals surface area contributed by atoms with Crippen LogP contribution in [0.5, 0.6) is 0 Å². The minimum absolute atomic E-state index is 0.0737. The zero-order valence-corrected chi connectivity index (χ0v) is 6.63. The summed E-state index contributed by atoms with van der Waals surface area (Å²) in [7, 11) is -1.51. The van der Waals surface area contributed by atoms with E-state index >= 15 is 0 Å². The van der Waals surface area contributed by atoms with Crippen LogP contribution in [0.1, 0.15) is 6.42 Å². The summed E-state index contributed by atoms with van der Waals surface area (Å²) >= 11 is 0. The summed E-state index contributed by atoms with van der Waals surface area (Å²) in [6.07, 6.45) is 0.551. The molecule has 1 fully saturated rings. The second-order valence-electron chi connectivity index (χ2n) is 2.46. The molecule has 1 N–H and O–H groups in total. The molecule has 0 saturated carbocycles. The molecule has 5 heteroatoms. The van der Waals surface area contributed by atoms with Crippen LogP contribution in [0, 0.1) is 0 Å². The van der Waals surface area contributed by atoms with Crippen molar-refractivity contribution in [2.45, 2.75) is 12.5 Å². The molecule has 1 unspecified atom stereocenters. The van der Waals surface area contributed by atoms with Gasteiger partial charge in [0.1, 0.15) is 0 Å². The normalized spacial score (nSPS) is 32.8. The molecule has 0 radical (unpaired) electrons. The third kappa shape index (κ3) is 1.16. The molecule has 0 spiro atoms. The molecule has 0 aromatic heterocycles. The second-order valence-corrected chi connectivity index (χ2v) is 4.61. The van der Waals surface area contributed by atoms with Crippen molar-refractivity contribution in [3.05, 3.63) is 0 Å². The Balaban J connectivity index is 2.77. The number of hydrogen-bond acceptors (Lipinski definition) is 3. The number of hydrogen-bond donors (Lipinski definition) is 1. The molecule has 1 rings (SSSR count). The highest BCUT2D eigenvalue weighted by Crippen LogP contribution is 2.17. The summed E-state index contributed by atoms with van der Waals surface area (Å²) < 4.78 is 23.1. The van der Waals surface area contributed by atoms with Crippen molar-refractivity contribution < 1.29 is 13.5 Å². The molecule has 0 bridgehead atoms. The Morgan fingerprint density at radius 2 is 2.30 bits per heavy atom. The van der Waals surface area contributed by atoms with Gasteiger partial charge >= 0.3 is 0 Å². The fourth-order valence-electron chi connectivity index (χ4n) is 1.04. The molecule has 4 nitrogen and oxygen atoms in total. The summed E-state index contributed by atoms with van der Waals surface area (Å²) in [6, 6.07) is -0.190. The molecule has 10 heavy (non-hydrogen) atoms. The summed E-state index contributed by atoms with van der Waals surface area (Å²) in [5, 5.41) is 8.66. The standard InChI is InChI=1S/C5H11NO3S/c1-6-5(4-7)2-3-10(6,8)9/h5,7H,2-4H2,1H3. The zero-order chi connectivity index (χ0) is 7.78. The summed E-state index contributed by atoms with van der Waals surface area (Å²) in [5.41, 5.74) is 0. The van der Waals surface area contributed by atoms with E-state index in [4.69, 9.17) is 5.11 Å². The summed E-state index contributed by atoms with van der Waals surface area (Å²) in [5.74, 6) is 0.175. The average Bonchev–Trinajstić information content (AvgIpc) is 2.10. The summed E-state index contributed by atoms with van der Waals surface area (Å²) in [6.45, 7) is -0.0737. The fourth-order valence-corrected chi connectivity index (χ4v) is 2.53. The van der Waals surface area contributed by atoms with Gasteiger partial charge in [0, 0.05) is 13.1 Å². The molecule has 1 saturated heterocycles. The van der Waals surface area contributed by atoms with Crippen molar-refractivity contribution in [2.24, 2.45) is 0 Å². The second kappa shape index (κ2) is 2.48. The lowest BCUT2D eigenvalue weighted by Gasteiger charge is -2.14. The van der Waals surface area contributed by atoms with Gasteiger partial charge in [-0.25, -0.2) is 8.42 Å². The van der Waals surface area contributed by atoms with Crippen molar-refractivity contribution >= 4 is 10.0 Å². The first kappa shape index (κ1) is 7.97.